The van der Waals surface area contributed by atoms with Gasteiger partial charge in [-0.1, -0.05) is 0 Å². The highest BCUT2D eigenvalue weighted by atomic mass is 19.3. The number of carbonyl (C=O) groups excluding carboxylic acids is 1. The van der Waals surface area contributed by atoms with Crippen molar-refractivity contribution in [3.8, 4) is 11.9 Å². The first-order valence-electron chi connectivity index (χ1n) is 12.2. The van der Waals surface area contributed by atoms with E-state index in [1.54, 1.807) is 6.20 Å². The van der Waals surface area contributed by atoms with E-state index in [2.05, 4.69) is 15.3 Å². The van der Waals surface area contributed by atoms with Crippen molar-refractivity contribution >= 4 is 16.9 Å². The lowest BCUT2D eigenvalue weighted by Crippen LogP contribution is -2.43. The molecule has 0 radical (unpaired) electrons. The van der Waals surface area contributed by atoms with Crippen LogP contribution in [0.5, 0.6) is 11.9 Å². The Morgan fingerprint density at radius 3 is 2.50 bits per heavy atom. The van der Waals surface area contributed by atoms with Gasteiger partial charge in [0.15, 0.2) is 0 Å². The molecular weight excluding hydrogens is 446 g/mol. The number of aromatic nitrogens is 3. The zero-order valence-corrected chi connectivity index (χ0v) is 19.6. The van der Waals surface area contributed by atoms with Crippen LogP contribution in [0, 0.1) is 0 Å². The van der Waals surface area contributed by atoms with Gasteiger partial charge in [-0.3, -0.25) is 9.36 Å². The van der Waals surface area contributed by atoms with Gasteiger partial charge in [0.1, 0.15) is 17.7 Å². The highest BCUT2D eigenvalue weighted by molar-refractivity contribution is 5.77. The Morgan fingerprint density at radius 2 is 1.85 bits per heavy atom. The van der Waals surface area contributed by atoms with E-state index in [1.807, 2.05) is 17.6 Å². The molecule has 0 bridgehead atoms. The molecule has 3 saturated carbocycles. The number of pyridine rings is 1. The maximum absolute atomic E-state index is 13.2. The molecule has 8 nitrogen and oxygen atoms in total. The fourth-order valence-electron chi connectivity index (χ4n) is 4.79. The lowest BCUT2D eigenvalue weighted by Gasteiger charge is -2.34. The van der Waals surface area contributed by atoms with Crippen LogP contribution in [0.25, 0.3) is 11.0 Å². The zero-order chi connectivity index (χ0) is 23.9. The SMILES string of the molecule is CC(=O)N[C@@H](C)COC1CCC(Oc2cc3c(cn2)nc(OC2CC(F)(F)C2)n3C2CC2)CC1. The van der Waals surface area contributed by atoms with Crippen molar-refractivity contribution in [3.63, 3.8) is 0 Å². The number of nitrogens with one attached hydrogen (secondary N) is 1. The van der Waals surface area contributed by atoms with E-state index in [-0.39, 0.29) is 43.0 Å². The summed E-state index contributed by atoms with van der Waals surface area (Å²) in [5, 5.41) is 2.83. The largest absolute Gasteiger partial charge is 0.474 e. The molecule has 3 fully saturated rings. The molecule has 1 atom stereocenters. The second kappa shape index (κ2) is 9.28. The first-order valence-corrected chi connectivity index (χ1v) is 12.2. The summed E-state index contributed by atoms with van der Waals surface area (Å²) >= 11 is 0. The van der Waals surface area contributed by atoms with Crippen LogP contribution in [0.4, 0.5) is 8.78 Å². The zero-order valence-electron chi connectivity index (χ0n) is 19.6. The number of fused-ring (bicyclic) bond motifs is 1. The van der Waals surface area contributed by atoms with Crippen LogP contribution in [0.2, 0.25) is 0 Å². The maximum Gasteiger partial charge on any atom is 0.297 e. The third kappa shape index (κ3) is 5.42. The van der Waals surface area contributed by atoms with Crippen molar-refractivity contribution in [3.05, 3.63) is 12.3 Å². The summed E-state index contributed by atoms with van der Waals surface area (Å²) in [5.74, 6) is -2.14. The second-order valence-electron chi connectivity index (χ2n) is 9.96. The number of rotatable bonds is 9. The fourth-order valence-corrected chi connectivity index (χ4v) is 4.79. The third-order valence-electron chi connectivity index (χ3n) is 6.70. The van der Waals surface area contributed by atoms with E-state index in [0.717, 1.165) is 44.0 Å². The highest BCUT2D eigenvalue weighted by Gasteiger charge is 2.47. The van der Waals surface area contributed by atoms with Gasteiger partial charge in [0, 0.05) is 37.9 Å². The van der Waals surface area contributed by atoms with Gasteiger partial charge in [-0.25, -0.2) is 13.8 Å². The molecule has 1 amide bonds. The molecule has 0 aliphatic heterocycles. The molecule has 5 rings (SSSR count). The number of carbonyl (C=O) groups is 1. The quantitative estimate of drug-likeness (QED) is 0.582. The summed E-state index contributed by atoms with van der Waals surface area (Å²) in [6, 6.07) is 2.57. The molecule has 10 heteroatoms. The van der Waals surface area contributed by atoms with Gasteiger partial charge in [0.2, 0.25) is 11.8 Å². The molecule has 0 unspecified atom stereocenters. The van der Waals surface area contributed by atoms with Crippen LogP contribution in [-0.2, 0) is 9.53 Å². The van der Waals surface area contributed by atoms with Gasteiger partial charge >= 0.3 is 0 Å². The molecule has 2 heterocycles. The molecule has 0 spiro atoms. The lowest BCUT2D eigenvalue weighted by atomic mass is 9.91. The van der Waals surface area contributed by atoms with Crippen LogP contribution in [0.3, 0.4) is 0 Å². The van der Waals surface area contributed by atoms with Crippen molar-refractivity contribution < 1.29 is 27.8 Å². The van der Waals surface area contributed by atoms with Crippen molar-refractivity contribution in [2.24, 2.45) is 0 Å². The third-order valence-corrected chi connectivity index (χ3v) is 6.70. The van der Waals surface area contributed by atoms with Gasteiger partial charge in [-0.05, 0) is 45.4 Å². The average Bonchev–Trinajstić information content (AvgIpc) is 3.52. The van der Waals surface area contributed by atoms with E-state index in [4.69, 9.17) is 14.2 Å². The monoisotopic (exact) mass is 478 g/mol. The minimum absolute atomic E-state index is 0.00614. The van der Waals surface area contributed by atoms with Crippen LogP contribution >= 0.6 is 0 Å². The van der Waals surface area contributed by atoms with E-state index in [9.17, 15) is 13.6 Å². The Hall–Kier alpha value is -2.49. The van der Waals surface area contributed by atoms with E-state index in [0.29, 0.717) is 24.0 Å². The van der Waals surface area contributed by atoms with Crippen molar-refractivity contribution in [1.82, 2.24) is 19.9 Å². The molecular formula is C24H32F2N4O4. The minimum atomic E-state index is -2.63. The number of alkyl halides is 2. The highest BCUT2D eigenvalue weighted by Crippen LogP contribution is 2.44. The molecule has 2 aromatic heterocycles. The molecule has 34 heavy (non-hydrogen) atoms. The number of halogens is 2. The predicted octanol–water partition coefficient (Wildman–Crippen LogP) is 4.17. The molecule has 0 aromatic carbocycles. The van der Waals surface area contributed by atoms with Gasteiger partial charge in [0.05, 0.1) is 24.4 Å². The van der Waals surface area contributed by atoms with Crippen molar-refractivity contribution in [2.75, 3.05) is 6.61 Å². The Balaban J connectivity index is 1.18. The van der Waals surface area contributed by atoms with Gasteiger partial charge in [0.25, 0.3) is 11.9 Å². The number of imidazole rings is 1. The maximum atomic E-state index is 13.2. The van der Waals surface area contributed by atoms with Crippen LogP contribution < -0.4 is 14.8 Å². The van der Waals surface area contributed by atoms with E-state index in [1.165, 1.54) is 6.92 Å². The van der Waals surface area contributed by atoms with Gasteiger partial charge in [-0.15, -0.1) is 0 Å². The van der Waals surface area contributed by atoms with E-state index < -0.39 is 12.0 Å². The normalized spacial score (nSPS) is 25.5. The molecule has 3 aliphatic rings. The van der Waals surface area contributed by atoms with Crippen molar-refractivity contribution in [2.45, 2.75) is 102 Å². The summed E-state index contributed by atoms with van der Waals surface area (Å²) in [6.07, 6.45) is 6.44. The first-order chi connectivity index (χ1) is 16.3. The summed E-state index contributed by atoms with van der Waals surface area (Å²) in [4.78, 5) is 20.1. The van der Waals surface area contributed by atoms with Crippen LogP contribution in [0.1, 0.15) is 71.3 Å². The molecule has 3 aliphatic carbocycles. The number of amides is 1. The molecule has 1 N–H and O–H groups in total. The predicted molar refractivity (Wildman–Crippen MR) is 120 cm³/mol. The average molecular weight is 479 g/mol. The minimum Gasteiger partial charge on any atom is -0.474 e. The topological polar surface area (TPSA) is 87.5 Å². The Kier molecular flexibility index (Phi) is 6.35. The molecule has 2 aromatic rings. The fraction of sp³-hybridized carbons (Fsp3) is 0.708. The summed E-state index contributed by atoms with van der Waals surface area (Å²) < 4.78 is 46.5. The van der Waals surface area contributed by atoms with Crippen LogP contribution in [-0.4, -0.2) is 57.3 Å². The number of hydrogen-bond acceptors (Lipinski definition) is 6. The Bertz CT molecular complexity index is 1030. The Morgan fingerprint density at radius 1 is 1.15 bits per heavy atom. The van der Waals surface area contributed by atoms with Gasteiger partial charge in [-0.2, -0.15) is 4.98 Å². The summed E-state index contributed by atoms with van der Waals surface area (Å²) in [6.45, 7) is 3.94. The standard InChI is InChI=1S/C24H32F2N4O4/c1-14(28-15(2)31)13-32-17-5-7-18(8-6-17)33-22-9-21-20(12-27-22)29-23(30(21)16-3-4-16)34-19-10-24(25,26)11-19/h9,12,14,16-19H,3-8,10-11,13H2,1-2H3,(H,28,31)/t14-,17?,18?/m0/s1. The molecule has 186 valence electrons. The van der Waals surface area contributed by atoms with Crippen molar-refractivity contribution in [1.29, 1.82) is 0 Å². The van der Waals surface area contributed by atoms with Gasteiger partial charge < -0.3 is 19.5 Å². The Labute approximate surface area is 197 Å². The number of nitrogens with zero attached hydrogens (tertiary/aromatic N) is 3. The van der Waals surface area contributed by atoms with Crippen LogP contribution in [0.15, 0.2) is 12.3 Å². The summed E-state index contributed by atoms with van der Waals surface area (Å²) in [5.41, 5.74) is 1.56. The summed E-state index contributed by atoms with van der Waals surface area (Å²) in [7, 11) is 0. The number of hydrogen-bond donors (Lipinski definition) is 1. The lowest BCUT2D eigenvalue weighted by molar-refractivity contribution is -0.136. The molecule has 0 saturated heterocycles. The second-order valence-corrected chi connectivity index (χ2v) is 9.96. The number of ether oxygens (including phenoxy) is 3. The smallest absolute Gasteiger partial charge is 0.297 e. The van der Waals surface area contributed by atoms with E-state index >= 15 is 0 Å². The first kappa shape index (κ1) is 23.3.